The zero-order valence-electron chi connectivity index (χ0n) is 11.5. The standard InChI is InChI=1S/C15H22O3/c1-10(11-4-5-15(2,3)7-11)6-13-12(8-16)9-18-14(13)17/h4,10,16H,5-9H2,1-3H3/t10-/m1/s1. The number of ether oxygens (including phenoxy) is 1. The number of carbonyl (C=O) groups excluding carboxylic acids is 1. The molecule has 0 fully saturated rings. The van der Waals surface area contributed by atoms with Crippen LogP contribution in [0.3, 0.4) is 0 Å². The van der Waals surface area contributed by atoms with Gasteiger partial charge in [-0.2, -0.15) is 0 Å². The van der Waals surface area contributed by atoms with Gasteiger partial charge in [0.05, 0.1) is 6.61 Å². The van der Waals surface area contributed by atoms with Crippen molar-refractivity contribution in [3.8, 4) is 0 Å². The molecule has 3 nitrogen and oxygen atoms in total. The summed E-state index contributed by atoms with van der Waals surface area (Å²) >= 11 is 0. The highest BCUT2D eigenvalue weighted by atomic mass is 16.5. The molecule has 2 rings (SSSR count). The second-order valence-corrected chi connectivity index (χ2v) is 6.25. The summed E-state index contributed by atoms with van der Waals surface area (Å²) in [5.74, 6) is 0.109. The first-order valence-corrected chi connectivity index (χ1v) is 6.61. The van der Waals surface area contributed by atoms with Gasteiger partial charge in [0.25, 0.3) is 0 Å². The number of cyclic esters (lactones) is 1. The summed E-state index contributed by atoms with van der Waals surface area (Å²) in [5.41, 5.74) is 3.23. The van der Waals surface area contributed by atoms with Crippen LogP contribution in [0.25, 0.3) is 0 Å². The molecule has 0 bridgehead atoms. The van der Waals surface area contributed by atoms with Crippen LogP contribution >= 0.6 is 0 Å². The third-order valence-electron chi connectivity index (χ3n) is 3.98. The number of aliphatic hydroxyl groups is 1. The van der Waals surface area contributed by atoms with Crippen LogP contribution in [-0.2, 0) is 9.53 Å². The smallest absolute Gasteiger partial charge is 0.334 e. The predicted molar refractivity (Wildman–Crippen MR) is 69.9 cm³/mol. The maximum absolute atomic E-state index is 11.6. The van der Waals surface area contributed by atoms with Crippen LogP contribution in [-0.4, -0.2) is 24.3 Å². The summed E-state index contributed by atoms with van der Waals surface area (Å²) in [4.78, 5) is 11.6. The van der Waals surface area contributed by atoms with E-state index in [1.165, 1.54) is 5.57 Å². The summed E-state index contributed by atoms with van der Waals surface area (Å²) in [7, 11) is 0. The second-order valence-electron chi connectivity index (χ2n) is 6.25. The largest absolute Gasteiger partial charge is 0.458 e. The number of hydrogen-bond donors (Lipinski definition) is 1. The van der Waals surface area contributed by atoms with Crippen molar-refractivity contribution in [3.05, 3.63) is 22.8 Å². The van der Waals surface area contributed by atoms with Gasteiger partial charge >= 0.3 is 5.97 Å². The molecule has 0 unspecified atom stereocenters. The van der Waals surface area contributed by atoms with Crippen LogP contribution in [0.5, 0.6) is 0 Å². The maximum atomic E-state index is 11.6. The Morgan fingerprint density at radius 2 is 2.22 bits per heavy atom. The van der Waals surface area contributed by atoms with Crippen LogP contribution in [0.4, 0.5) is 0 Å². The summed E-state index contributed by atoms with van der Waals surface area (Å²) in [6.45, 7) is 6.89. The monoisotopic (exact) mass is 250 g/mol. The Kier molecular flexibility index (Phi) is 3.62. The molecule has 1 aliphatic carbocycles. The lowest BCUT2D eigenvalue weighted by Crippen LogP contribution is -2.10. The van der Waals surface area contributed by atoms with Gasteiger partial charge in [0, 0.05) is 11.1 Å². The van der Waals surface area contributed by atoms with E-state index in [0.29, 0.717) is 23.3 Å². The Morgan fingerprint density at radius 1 is 1.50 bits per heavy atom. The fraction of sp³-hybridized carbons (Fsp3) is 0.667. The van der Waals surface area contributed by atoms with Crippen molar-refractivity contribution >= 4 is 5.97 Å². The van der Waals surface area contributed by atoms with Crippen molar-refractivity contribution in [2.75, 3.05) is 13.2 Å². The maximum Gasteiger partial charge on any atom is 0.334 e. The van der Waals surface area contributed by atoms with Gasteiger partial charge in [-0.05, 0) is 30.6 Å². The van der Waals surface area contributed by atoms with Crippen molar-refractivity contribution in [2.24, 2.45) is 11.3 Å². The number of esters is 1. The Morgan fingerprint density at radius 3 is 2.78 bits per heavy atom. The molecule has 1 aliphatic heterocycles. The molecule has 3 heteroatoms. The average molecular weight is 250 g/mol. The van der Waals surface area contributed by atoms with Crippen LogP contribution in [0.2, 0.25) is 0 Å². The fourth-order valence-corrected chi connectivity index (χ4v) is 2.76. The Balaban J connectivity index is 2.04. The molecule has 1 heterocycles. The first kappa shape index (κ1) is 13.3. The first-order valence-electron chi connectivity index (χ1n) is 6.61. The molecule has 0 amide bonds. The molecular weight excluding hydrogens is 228 g/mol. The zero-order chi connectivity index (χ0) is 13.3. The lowest BCUT2D eigenvalue weighted by molar-refractivity contribution is -0.136. The van der Waals surface area contributed by atoms with E-state index in [4.69, 9.17) is 4.74 Å². The van der Waals surface area contributed by atoms with Crippen molar-refractivity contribution in [1.82, 2.24) is 0 Å². The van der Waals surface area contributed by atoms with Crippen LogP contribution in [0.15, 0.2) is 22.8 Å². The van der Waals surface area contributed by atoms with Gasteiger partial charge in [0.15, 0.2) is 0 Å². The van der Waals surface area contributed by atoms with Crippen molar-refractivity contribution in [2.45, 2.75) is 40.0 Å². The van der Waals surface area contributed by atoms with E-state index in [0.717, 1.165) is 18.4 Å². The van der Waals surface area contributed by atoms with E-state index in [-0.39, 0.29) is 19.2 Å². The molecule has 0 saturated heterocycles. The summed E-state index contributed by atoms with van der Waals surface area (Å²) in [6.07, 6.45) is 5.22. The molecular formula is C15H22O3. The van der Waals surface area contributed by atoms with Crippen LogP contribution in [0.1, 0.15) is 40.0 Å². The zero-order valence-corrected chi connectivity index (χ0v) is 11.5. The molecule has 2 aliphatic rings. The second kappa shape index (κ2) is 4.88. The minimum atomic E-state index is -0.247. The lowest BCUT2D eigenvalue weighted by Gasteiger charge is -2.20. The Hall–Kier alpha value is -1.09. The SMILES string of the molecule is C[C@H](CC1=C(CO)COC1=O)C1=CCC(C)(C)C1. The van der Waals surface area contributed by atoms with Crippen molar-refractivity contribution in [1.29, 1.82) is 0 Å². The highest BCUT2D eigenvalue weighted by Gasteiger charge is 2.30. The van der Waals surface area contributed by atoms with E-state index in [2.05, 4.69) is 26.8 Å². The fourth-order valence-electron chi connectivity index (χ4n) is 2.76. The van der Waals surface area contributed by atoms with Gasteiger partial charge in [0.2, 0.25) is 0 Å². The molecule has 0 spiro atoms. The summed E-state index contributed by atoms with van der Waals surface area (Å²) in [5, 5.41) is 9.21. The molecule has 18 heavy (non-hydrogen) atoms. The molecule has 100 valence electrons. The van der Waals surface area contributed by atoms with E-state index in [1.54, 1.807) is 0 Å². The predicted octanol–water partition coefficient (Wildman–Crippen LogP) is 2.60. The third-order valence-corrected chi connectivity index (χ3v) is 3.98. The minimum absolute atomic E-state index is 0.0711. The van der Waals surface area contributed by atoms with Crippen LogP contribution < -0.4 is 0 Å². The van der Waals surface area contributed by atoms with Gasteiger partial charge < -0.3 is 9.84 Å². The number of rotatable bonds is 4. The van der Waals surface area contributed by atoms with E-state index in [9.17, 15) is 9.90 Å². The number of carbonyl (C=O) groups is 1. The van der Waals surface area contributed by atoms with E-state index < -0.39 is 0 Å². The molecule has 0 radical (unpaired) electrons. The third kappa shape index (κ3) is 2.66. The van der Waals surface area contributed by atoms with E-state index in [1.807, 2.05) is 0 Å². The van der Waals surface area contributed by atoms with Gasteiger partial charge in [-0.1, -0.05) is 32.4 Å². The molecule has 0 saturated carbocycles. The molecule has 0 aromatic rings. The van der Waals surface area contributed by atoms with Crippen molar-refractivity contribution in [3.63, 3.8) is 0 Å². The molecule has 1 N–H and O–H groups in total. The Labute approximate surface area is 109 Å². The van der Waals surface area contributed by atoms with Crippen molar-refractivity contribution < 1.29 is 14.6 Å². The van der Waals surface area contributed by atoms with Gasteiger partial charge in [-0.3, -0.25) is 0 Å². The lowest BCUT2D eigenvalue weighted by atomic mass is 9.85. The average Bonchev–Trinajstić information content (AvgIpc) is 2.83. The number of allylic oxidation sites excluding steroid dienone is 2. The normalized spacial score (nSPS) is 24.2. The molecule has 0 aromatic heterocycles. The highest BCUT2D eigenvalue weighted by Crippen LogP contribution is 2.41. The minimum Gasteiger partial charge on any atom is -0.458 e. The van der Waals surface area contributed by atoms with Gasteiger partial charge in [0.1, 0.15) is 6.61 Å². The van der Waals surface area contributed by atoms with Crippen LogP contribution in [0, 0.1) is 11.3 Å². The molecule has 1 atom stereocenters. The van der Waals surface area contributed by atoms with E-state index >= 15 is 0 Å². The summed E-state index contributed by atoms with van der Waals surface area (Å²) < 4.78 is 4.98. The summed E-state index contributed by atoms with van der Waals surface area (Å²) in [6, 6.07) is 0. The quantitative estimate of drug-likeness (QED) is 0.616. The number of hydrogen-bond acceptors (Lipinski definition) is 3. The molecule has 0 aromatic carbocycles. The first-order chi connectivity index (χ1) is 8.43. The van der Waals surface area contributed by atoms with Gasteiger partial charge in [-0.15, -0.1) is 0 Å². The topological polar surface area (TPSA) is 46.5 Å². The number of aliphatic hydroxyl groups excluding tert-OH is 1. The van der Waals surface area contributed by atoms with Gasteiger partial charge in [-0.25, -0.2) is 4.79 Å². The Bertz CT molecular complexity index is 415. The highest BCUT2D eigenvalue weighted by molar-refractivity contribution is 5.91.